The molecule has 1 aromatic carbocycles. The molecule has 1 heterocycles. The van der Waals surface area contributed by atoms with Gasteiger partial charge in [0.05, 0.1) is 6.10 Å². The van der Waals surface area contributed by atoms with Gasteiger partial charge >= 0.3 is 0 Å². The van der Waals surface area contributed by atoms with Crippen molar-refractivity contribution in [2.75, 3.05) is 24.2 Å². The molecule has 6 heteroatoms. The molecule has 1 atom stereocenters. The fourth-order valence-electron chi connectivity index (χ4n) is 2.05. The van der Waals surface area contributed by atoms with Crippen molar-refractivity contribution >= 4 is 28.6 Å². The number of amides is 2. The summed E-state index contributed by atoms with van der Waals surface area (Å²) in [4.78, 5) is 25.0. The summed E-state index contributed by atoms with van der Waals surface area (Å²) in [6, 6.07) is 7.16. The number of hydrogen-bond donors (Lipinski definition) is 2. The summed E-state index contributed by atoms with van der Waals surface area (Å²) in [5, 5.41) is 12.5. The molecule has 20 heavy (non-hydrogen) atoms. The molecule has 1 aliphatic rings. The van der Waals surface area contributed by atoms with Crippen LogP contribution in [0.25, 0.3) is 0 Å². The van der Waals surface area contributed by atoms with E-state index in [1.54, 1.807) is 24.0 Å². The van der Waals surface area contributed by atoms with Gasteiger partial charge in [0.25, 0.3) is 5.24 Å². The molecule has 2 rings (SSSR count). The number of nitrogens with zero attached hydrogens (tertiary/aromatic N) is 1. The Morgan fingerprint density at radius 3 is 2.90 bits per heavy atom. The number of aliphatic hydroxyl groups excluding tert-OH is 1. The van der Waals surface area contributed by atoms with Crippen LogP contribution in [0, 0.1) is 0 Å². The first-order chi connectivity index (χ1) is 9.58. The molecule has 0 aromatic heterocycles. The number of carbonyl (C=O) groups excluding carboxylic acids is 2. The van der Waals surface area contributed by atoms with Crippen molar-refractivity contribution in [1.29, 1.82) is 0 Å². The Hall–Kier alpha value is -1.53. The summed E-state index contributed by atoms with van der Waals surface area (Å²) in [5.41, 5.74) is 1.31. The summed E-state index contributed by atoms with van der Waals surface area (Å²) in [6.45, 7) is 2.81. The highest BCUT2D eigenvalue weighted by atomic mass is 32.2. The lowest BCUT2D eigenvalue weighted by molar-refractivity contribution is -0.116. The number of benzene rings is 1. The zero-order valence-electron chi connectivity index (χ0n) is 11.3. The quantitative estimate of drug-likeness (QED) is 0.874. The number of nitrogens with one attached hydrogen (secondary N) is 1. The van der Waals surface area contributed by atoms with E-state index in [-0.39, 0.29) is 17.6 Å². The van der Waals surface area contributed by atoms with E-state index in [1.165, 1.54) is 11.8 Å². The molecule has 0 saturated carbocycles. The standard InChI is InChI=1S/C14H18N2O3S/c1-10(17)11-4-2-3-5-12(11)15-13(18)6-7-16-8-9-20-14(16)19/h2-5,10,17H,6-9H2,1H3,(H,15,18). The molecule has 1 fully saturated rings. The largest absolute Gasteiger partial charge is 0.389 e. The van der Waals surface area contributed by atoms with Crippen LogP contribution in [0.3, 0.4) is 0 Å². The van der Waals surface area contributed by atoms with E-state index < -0.39 is 6.10 Å². The Morgan fingerprint density at radius 1 is 1.50 bits per heavy atom. The van der Waals surface area contributed by atoms with E-state index in [2.05, 4.69) is 5.32 Å². The highest BCUT2D eigenvalue weighted by molar-refractivity contribution is 8.13. The molecule has 0 spiro atoms. The Bertz CT molecular complexity index is 505. The van der Waals surface area contributed by atoms with Crippen LogP contribution in [-0.4, -0.2) is 40.0 Å². The SMILES string of the molecule is CC(O)c1ccccc1NC(=O)CCN1CCSC1=O. The molecule has 2 amide bonds. The van der Waals surface area contributed by atoms with Gasteiger partial charge in [-0.3, -0.25) is 9.59 Å². The van der Waals surface area contributed by atoms with Crippen LogP contribution in [0.15, 0.2) is 24.3 Å². The third-order valence-corrected chi connectivity index (χ3v) is 4.03. The second-order valence-corrected chi connectivity index (χ2v) is 5.71. The minimum Gasteiger partial charge on any atom is -0.389 e. The highest BCUT2D eigenvalue weighted by Gasteiger charge is 2.21. The van der Waals surface area contributed by atoms with E-state index >= 15 is 0 Å². The summed E-state index contributed by atoms with van der Waals surface area (Å²) in [6.07, 6.45) is -0.372. The maximum absolute atomic E-state index is 11.9. The van der Waals surface area contributed by atoms with Crippen molar-refractivity contribution in [3.63, 3.8) is 0 Å². The van der Waals surface area contributed by atoms with Crippen molar-refractivity contribution in [2.24, 2.45) is 0 Å². The van der Waals surface area contributed by atoms with Gasteiger partial charge in [0.15, 0.2) is 0 Å². The van der Waals surface area contributed by atoms with Gasteiger partial charge < -0.3 is 15.3 Å². The molecule has 108 valence electrons. The van der Waals surface area contributed by atoms with E-state index in [9.17, 15) is 14.7 Å². The first kappa shape index (κ1) is 14.9. The second kappa shape index (κ2) is 6.76. The number of para-hydroxylation sites is 1. The van der Waals surface area contributed by atoms with E-state index in [0.29, 0.717) is 24.3 Å². The molecular weight excluding hydrogens is 276 g/mol. The summed E-state index contributed by atoms with van der Waals surface area (Å²) >= 11 is 1.29. The predicted octanol–water partition coefficient (Wildman–Crippen LogP) is 2.24. The first-order valence-corrected chi connectivity index (χ1v) is 7.55. The van der Waals surface area contributed by atoms with Crippen molar-refractivity contribution in [1.82, 2.24) is 4.90 Å². The summed E-state index contributed by atoms with van der Waals surface area (Å²) < 4.78 is 0. The lowest BCUT2D eigenvalue weighted by Gasteiger charge is -2.15. The van der Waals surface area contributed by atoms with Gasteiger partial charge in [-0.05, 0) is 13.0 Å². The number of thioether (sulfide) groups is 1. The maximum Gasteiger partial charge on any atom is 0.281 e. The molecule has 0 bridgehead atoms. The summed E-state index contributed by atoms with van der Waals surface area (Å²) in [5.74, 6) is 0.647. The topological polar surface area (TPSA) is 69.6 Å². The molecule has 0 aliphatic carbocycles. The predicted molar refractivity (Wildman–Crippen MR) is 79.7 cm³/mol. The van der Waals surface area contributed by atoms with Crippen LogP contribution < -0.4 is 5.32 Å². The zero-order valence-corrected chi connectivity index (χ0v) is 12.2. The van der Waals surface area contributed by atoms with Gasteiger partial charge in [-0.1, -0.05) is 30.0 Å². The van der Waals surface area contributed by atoms with Crippen LogP contribution in [0.5, 0.6) is 0 Å². The molecule has 0 radical (unpaired) electrons. The van der Waals surface area contributed by atoms with Gasteiger partial charge in [-0.15, -0.1) is 0 Å². The van der Waals surface area contributed by atoms with Gasteiger partial charge in [-0.2, -0.15) is 0 Å². The van der Waals surface area contributed by atoms with Crippen LogP contribution in [0.4, 0.5) is 10.5 Å². The second-order valence-electron chi connectivity index (χ2n) is 4.66. The van der Waals surface area contributed by atoms with Gasteiger partial charge in [0.1, 0.15) is 0 Å². The van der Waals surface area contributed by atoms with Crippen LogP contribution in [0.1, 0.15) is 25.0 Å². The van der Waals surface area contributed by atoms with E-state index in [1.807, 2.05) is 12.1 Å². The average molecular weight is 294 g/mol. The van der Waals surface area contributed by atoms with Crippen molar-refractivity contribution < 1.29 is 14.7 Å². The summed E-state index contributed by atoms with van der Waals surface area (Å²) in [7, 11) is 0. The van der Waals surface area contributed by atoms with Crippen LogP contribution in [-0.2, 0) is 4.79 Å². The Balaban J connectivity index is 1.90. The minimum absolute atomic E-state index is 0.0437. The Kier molecular flexibility index (Phi) is 5.03. The molecule has 5 nitrogen and oxygen atoms in total. The third kappa shape index (κ3) is 3.74. The fourth-order valence-corrected chi connectivity index (χ4v) is 2.90. The van der Waals surface area contributed by atoms with Gasteiger partial charge in [0, 0.05) is 36.5 Å². The minimum atomic E-state index is -0.636. The normalized spacial score (nSPS) is 16.3. The molecular formula is C14H18N2O3S. The molecule has 1 unspecified atom stereocenters. The van der Waals surface area contributed by atoms with Crippen LogP contribution in [0.2, 0.25) is 0 Å². The van der Waals surface area contributed by atoms with Gasteiger partial charge in [-0.25, -0.2) is 0 Å². The lowest BCUT2D eigenvalue weighted by atomic mass is 10.1. The number of rotatable bonds is 5. The molecule has 1 aliphatic heterocycles. The molecule has 1 aromatic rings. The van der Waals surface area contributed by atoms with Crippen molar-refractivity contribution in [3.05, 3.63) is 29.8 Å². The lowest BCUT2D eigenvalue weighted by Crippen LogP contribution is -2.28. The zero-order chi connectivity index (χ0) is 14.5. The highest BCUT2D eigenvalue weighted by Crippen LogP contribution is 2.22. The molecule has 1 saturated heterocycles. The average Bonchev–Trinajstić information content (AvgIpc) is 2.82. The van der Waals surface area contributed by atoms with E-state index in [0.717, 1.165) is 5.75 Å². The maximum atomic E-state index is 11.9. The van der Waals surface area contributed by atoms with Crippen molar-refractivity contribution in [2.45, 2.75) is 19.4 Å². The number of hydrogen-bond acceptors (Lipinski definition) is 4. The monoisotopic (exact) mass is 294 g/mol. The number of aliphatic hydroxyl groups is 1. The number of anilines is 1. The Morgan fingerprint density at radius 2 is 2.25 bits per heavy atom. The third-order valence-electron chi connectivity index (χ3n) is 3.14. The van der Waals surface area contributed by atoms with Crippen molar-refractivity contribution in [3.8, 4) is 0 Å². The number of carbonyl (C=O) groups is 2. The van der Waals surface area contributed by atoms with Crippen LogP contribution >= 0.6 is 11.8 Å². The fraction of sp³-hybridized carbons (Fsp3) is 0.429. The molecule has 2 N–H and O–H groups in total. The van der Waals surface area contributed by atoms with Gasteiger partial charge in [0.2, 0.25) is 5.91 Å². The smallest absolute Gasteiger partial charge is 0.281 e. The first-order valence-electron chi connectivity index (χ1n) is 6.56. The Labute approximate surface area is 122 Å². The van der Waals surface area contributed by atoms with E-state index in [4.69, 9.17) is 0 Å².